The molecule has 1 atom stereocenters. The Bertz CT molecular complexity index is 854. The molecule has 0 saturated heterocycles. The van der Waals surface area contributed by atoms with Crippen molar-refractivity contribution in [3.63, 3.8) is 0 Å². The molecule has 0 aliphatic carbocycles. The van der Waals surface area contributed by atoms with E-state index >= 15 is 0 Å². The predicted octanol–water partition coefficient (Wildman–Crippen LogP) is 4.73. The van der Waals surface area contributed by atoms with E-state index in [0.717, 1.165) is 12.8 Å². The van der Waals surface area contributed by atoms with Crippen molar-refractivity contribution in [2.24, 2.45) is 0 Å². The van der Waals surface area contributed by atoms with Crippen LogP contribution < -0.4 is 21.3 Å². The smallest absolute Gasteiger partial charge is 0.243 e. The monoisotopic (exact) mass is 444 g/mol. The SMILES string of the molecule is CC(Oc1cc(NCCCCCC(=O)NO)cnc1N)c1c(Cl)ccc(F)c1Cl. The van der Waals surface area contributed by atoms with E-state index in [0.29, 0.717) is 35.0 Å². The van der Waals surface area contributed by atoms with E-state index in [1.54, 1.807) is 24.7 Å². The predicted molar refractivity (Wildman–Crippen MR) is 111 cm³/mol. The fourth-order valence-electron chi connectivity index (χ4n) is 2.69. The second-order valence-electron chi connectivity index (χ2n) is 6.40. The highest BCUT2D eigenvalue weighted by Crippen LogP contribution is 2.36. The van der Waals surface area contributed by atoms with Gasteiger partial charge in [0.15, 0.2) is 11.6 Å². The van der Waals surface area contributed by atoms with Crippen molar-refractivity contribution < 1.29 is 19.1 Å². The molecule has 0 radical (unpaired) electrons. The lowest BCUT2D eigenvalue weighted by atomic mass is 10.1. The second kappa shape index (κ2) is 11.0. The maximum atomic E-state index is 13.8. The molecule has 1 amide bonds. The standard InChI is InChI=1S/C19H23Cl2FN4O3/c1-11(17-13(20)6-7-14(22)18(17)21)29-15-9-12(10-25-19(15)23)24-8-4-2-3-5-16(27)26-28/h6-7,9-11,24,28H,2-5,8H2,1H3,(H2,23,25)(H,26,27). The fraction of sp³-hybridized carbons (Fsp3) is 0.368. The molecule has 1 heterocycles. The molecule has 1 aromatic heterocycles. The van der Waals surface area contributed by atoms with E-state index < -0.39 is 17.8 Å². The zero-order valence-electron chi connectivity index (χ0n) is 15.8. The zero-order valence-corrected chi connectivity index (χ0v) is 17.4. The van der Waals surface area contributed by atoms with E-state index in [-0.39, 0.29) is 17.3 Å². The Morgan fingerprint density at radius 1 is 1.34 bits per heavy atom. The number of hydrogen-bond acceptors (Lipinski definition) is 6. The number of benzene rings is 1. The van der Waals surface area contributed by atoms with E-state index in [9.17, 15) is 9.18 Å². The lowest BCUT2D eigenvalue weighted by Crippen LogP contribution is -2.17. The van der Waals surface area contributed by atoms with E-state index in [1.807, 2.05) is 0 Å². The number of nitrogens with one attached hydrogen (secondary N) is 2. The number of nitrogen functional groups attached to an aromatic ring is 1. The van der Waals surface area contributed by atoms with Crippen LogP contribution in [-0.2, 0) is 4.79 Å². The third-order valence-corrected chi connectivity index (χ3v) is 4.92. The van der Waals surface area contributed by atoms with Crippen molar-refractivity contribution in [3.8, 4) is 5.75 Å². The summed E-state index contributed by atoms with van der Waals surface area (Å²) in [5.74, 6) is -0.478. The molecule has 0 aliphatic rings. The Hall–Kier alpha value is -2.29. The van der Waals surface area contributed by atoms with Crippen molar-refractivity contribution in [1.29, 1.82) is 0 Å². The van der Waals surface area contributed by atoms with Gasteiger partial charge < -0.3 is 15.8 Å². The number of hydroxylamine groups is 1. The summed E-state index contributed by atoms with van der Waals surface area (Å²) in [6.07, 6.45) is 3.52. The number of nitrogens with two attached hydrogens (primary N) is 1. The number of nitrogens with zero attached hydrogens (tertiary/aromatic N) is 1. The van der Waals surface area contributed by atoms with Gasteiger partial charge in [0.05, 0.1) is 16.9 Å². The van der Waals surface area contributed by atoms with E-state index in [2.05, 4.69) is 10.3 Å². The van der Waals surface area contributed by atoms with Crippen LogP contribution in [0.3, 0.4) is 0 Å². The molecule has 2 aromatic rings. The Kier molecular flexibility index (Phi) is 8.75. The highest BCUT2D eigenvalue weighted by molar-refractivity contribution is 6.36. The van der Waals surface area contributed by atoms with E-state index in [1.165, 1.54) is 12.1 Å². The average molecular weight is 445 g/mol. The Balaban J connectivity index is 1.95. The summed E-state index contributed by atoms with van der Waals surface area (Å²) < 4.78 is 19.6. The molecular formula is C19H23Cl2FN4O3. The fourth-order valence-corrected chi connectivity index (χ4v) is 3.36. The van der Waals surface area contributed by atoms with Gasteiger partial charge in [-0.15, -0.1) is 0 Å². The van der Waals surface area contributed by atoms with Gasteiger partial charge in [-0.3, -0.25) is 10.0 Å². The van der Waals surface area contributed by atoms with Crippen LogP contribution in [0.2, 0.25) is 10.0 Å². The quantitative estimate of drug-likeness (QED) is 0.182. The lowest BCUT2D eigenvalue weighted by Gasteiger charge is -2.19. The molecule has 1 unspecified atom stereocenters. The van der Waals surface area contributed by atoms with Crippen LogP contribution in [0.1, 0.15) is 44.3 Å². The number of halogens is 3. The van der Waals surface area contributed by atoms with Gasteiger partial charge in [-0.25, -0.2) is 14.9 Å². The van der Waals surface area contributed by atoms with Gasteiger partial charge in [0.2, 0.25) is 5.91 Å². The van der Waals surface area contributed by atoms with Gasteiger partial charge in [-0.2, -0.15) is 0 Å². The minimum absolute atomic E-state index is 0.0966. The minimum atomic E-state index is -0.650. The number of rotatable bonds is 10. The first-order valence-corrected chi connectivity index (χ1v) is 9.81. The topological polar surface area (TPSA) is 110 Å². The molecule has 29 heavy (non-hydrogen) atoms. The number of carbonyl (C=O) groups is 1. The van der Waals surface area contributed by atoms with Gasteiger partial charge in [-0.1, -0.05) is 29.6 Å². The van der Waals surface area contributed by atoms with Crippen molar-refractivity contribution in [2.75, 3.05) is 17.6 Å². The average Bonchev–Trinajstić information content (AvgIpc) is 2.69. The first-order valence-electron chi connectivity index (χ1n) is 9.05. The van der Waals surface area contributed by atoms with Gasteiger partial charge in [0.1, 0.15) is 11.9 Å². The number of anilines is 2. The number of hydrogen-bond donors (Lipinski definition) is 4. The summed E-state index contributed by atoms with van der Waals surface area (Å²) in [4.78, 5) is 15.0. The summed E-state index contributed by atoms with van der Waals surface area (Å²) in [5, 5.41) is 11.8. The normalized spacial score (nSPS) is 11.8. The number of ether oxygens (including phenoxy) is 1. The molecule has 0 fully saturated rings. The van der Waals surface area contributed by atoms with Crippen LogP contribution in [0.4, 0.5) is 15.9 Å². The molecule has 7 nitrogen and oxygen atoms in total. The minimum Gasteiger partial charge on any atom is -0.482 e. The van der Waals surface area contributed by atoms with Gasteiger partial charge >= 0.3 is 0 Å². The Labute approximate surface area is 178 Å². The maximum Gasteiger partial charge on any atom is 0.243 e. The molecule has 0 saturated carbocycles. The number of unbranched alkanes of at least 4 members (excludes halogenated alkanes) is 2. The van der Waals surface area contributed by atoms with Crippen molar-refractivity contribution in [3.05, 3.63) is 45.8 Å². The molecule has 158 valence electrons. The third-order valence-electron chi connectivity index (χ3n) is 4.21. The maximum absolute atomic E-state index is 13.8. The van der Waals surface area contributed by atoms with Gasteiger partial charge in [0, 0.05) is 29.6 Å². The van der Waals surface area contributed by atoms with Crippen LogP contribution in [0.25, 0.3) is 0 Å². The summed E-state index contributed by atoms with van der Waals surface area (Å²) >= 11 is 12.2. The number of aromatic nitrogens is 1. The largest absolute Gasteiger partial charge is 0.482 e. The molecule has 0 spiro atoms. The first kappa shape index (κ1) is 23.0. The van der Waals surface area contributed by atoms with Crippen LogP contribution in [0.5, 0.6) is 5.75 Å². The Morgan fingerprint density at radius 3 is 2.83 bits per heavy atom. The van der Waals surface area contributed by atoms with Crippen molar-refractivity contribution in [1.82, 2.24) is 10.5 Å². The molecule has 5 N–H and O–H groups in total. The van der Waals surface area contributed by atoms with Crippen LogP contribution in [0.15, 0.2) is 24.4 Å². The lowest BCUT2D eigenvalue weighted by molar-refractivity contribution is -0.129. The summed E-state index contributed by atoms with van der Waals surface area (Å²) in [6, 6.07) is 4.30. The van der Waals surface area contributed by atoms with Crippen LogP contribution in [-0.4, -0.2) is 22.6 Å². The van der Waals surface area contributed by atoms with Gasteiger partial charge in [-0.05, 0) is 31.9 Å². The number of carbonyl (C=O) groups excluding carboxylic acids is 1. The summed E-state index contributed by atoms with van der Waals surface area (Å²) in [6.45, 7) is 2.34. The van der Waals surface area contributed by atoms with Crippen molar-refractivity contribution >= 4 is 40.6 Å². The number of amides is 1. The first-order chi connectivity index (χ1) is 13.8. The molecule has 0 aliphatic heterocycles. The Morgan fingerprint density at radius 2 is 2.10 bits per heavy atom. The van der Waals surface area contributed by atoms with Crippen molar-refractivity contribution in [2.45, 2.75) is 38.7 Å². The third kappa shape index (κ3) is 6.62. The molecule has 10 heteroatoms. The van der Waals surface area contributed by atoms with Crippen LogP contribution >= 0.6 is 23.2 Å². The summed E-state index contributed by atoms with van der Waals surface area (Å²) in [5.41, 5.74) is 8.53. The highest BCUT2D eigenvalue weighted by atomic mass is 35.5. The molecule has 1 aromatic carbocycles. The molecule has 0 bridgehead atoms. The van der Waals surface area contributed by atoms with Gasteiger partial charge in [0.25, 0.3) is 0 Å². The molecule has 2 rings (SSSR count). The van der Waals surface area contributed by atoms with Crippen LogP contribution in [0, 0.1) is 5.82 Å². The number of pyridine rings is 1. The highest BCUT2D eigenvalue weighted by Gasteiger charge is 2.20. The van der Waals surface area contributed by atoms with E-state index in [4.69, 9.17) is 38.9 Å². The summed E-state index contributed by atoms with van der Waals surface area (Å²) in [7, 11) is 0. The molecular weight excluding hydrogens is 422 g/mol. The zero-order chi connectivity index (χ0) is 21.4. The second-order valence-corrected chi connectivity index (χ2v) is 7.18.